The molecule has 172 valence electrons. The molecule has 4 rings (SSSR count). The molecular weight excluding hydrogens is 427 g/mol. The Labute approximate surface area is 191 Å². The summed E-state index contributed by atoms with van der Waals surface area (Å²) >= 11 is 0. The summed E-state index contributed by atoms with van der Waals surface area (Å²) in [5.41, 5.74) is -0.426. The van der Waals surface area contributed by atoms with Gasteiger partial charge in [0.05, 0.1) is 11.1 Å². The van der Waals surface area contributed by atoms with E-state index in [1.807, 2.05) is 6.92 Å². The Morgan fingerprint density at radius 1 is 1.00 bits per heavy atom. The molecule has 2 aliphatic rings. The Kier molecular flexibility index (Phi) is 6.88. The summed E-state index contributed by atoms with van der Waals surface area (Å²) in [7, 11) is 0. The molecule has 2 aliphatic carbocycles. The van der Waals surface area contributed by atoms with Gasteiger partial charge < -0.3 is 4.74 Å². The Hall–Kier alpha value is -3.07. The van der Waals surface area contributed by atoms with Gasteiger partial charge in [-0.3, -0.25) is 0 Å². The Morgan fingerprint density at radius 3 is 2.36 bits per heavy atom. The fourth-order valence-electron chi connectivity index (χ4n) is 5.54. The molecule has 0 radical (unpaired) electrons. The molecule has 2 aromatic carbocycles. The molecular formula is C27H26F3NO2. The number of nitriles is 1. The first-order valence-corrected chi connectivity index (χ1v) is 11.4. The fourth-order valence-corrected chi connectivity index (χ4v) is 5.54. The summed E-state index contributed by atoms with van der Waals surface area (Å²) in [6.45, 7) is 2.04. The van der Waals surface area contributed by atoms with E-state index in [1.165, 1.54) is 12.1 Å². The maximum Gasteiger partial charge on any atom is 0.343 e. The number of hydrogen-bond donors (Lipinski definition) is 0. The van der Waals surface area contributed by atoms with E-state index in [-0.39, 0.29) is 28.4 Å². The van der Waals surface area contributed by atoms with Crippen LogP contribution < -0.4 is 4.74 Å². The molecule has 4 atom stereocenters. The van der Waals surface area contributed by atoms with Gasteiger partial charge in [0.2, 0.25) is 0 Å². The van der Waals surface area contributed by atoms with Crippen LogP contribution in [0.3, 0.4) is 0 Å². The van der Waals surface area contributed by atoms with Crippen LogP contribution in [0.5, 0.6) is 5.75 Å². The lowest BCUT2D eigenvalue weighted by molar-refractivity contribution is 0.0733. The van der Waals surface area contributed by atoms with Crippen LogP contribution in [0.1, 0.15) is 72.9 Å². The predicted octanol–water partition coefficient (Wildman–Crippen LogP) is 7.07. The predicted molar refractivity (Wildman–Crippen MR) is 118 cm³/mol. The molecule has 0 heterocycles. The molecule has 0 spiro atoms. The third-order valence-electron chi connectivity index (χ3n) is 7.11. The highest BCUT2D eigenvalue weighted by molar-refractivity contribution is 5.91. The van der Waals surface area contributed by atoms with Gasteiger partial charge in [-0.25, -0.2) is 18.0 Å². The summed E-state index contributed by atoms with van der Waals surface area (Å²) in [5.74, 6) is -2.01. The summed E-state index contributed by atoms with van der Waals surface area (Å²) in [6.07, 6.45) is 10.2. The smallest absolute Gasteiger partial charge is 0.343 e. The van der Waals surface area contributed by atoms with Crippen molar-refractivity contribution < 1.29 is 22.7 Å². The number of fused-ring (bicyclic) bond motifs is 1. The maximum absolute atomic E-state index is 15.0. The van der Waals surface area contributed by atoms with Gasteiger partial charge in [0, 0.05) is 11.6 Å². The number of halogens is 3. The standard InChI is InChI=1S/C27H26F3NO2/c1-2-3-16-4-5-18-11-19(7-6-17(18)10-16)26-24(29)12-21(13-25(26)30)27(32)33-22-9-8-20(15-31)23(28)14-22/h2-3,8-9,12-14,16-19H,4-7,10-11H2,1H3/b3-2+. The zero-order chi connectivity index (χ0) is 23.5. The van der Waals surface area contributed by atoms with Gasteiger partial charge in [-0.15, -0.1) is 0 Å². The summed E-state index contributed by atoms with van der Waals surface area (Å²) in [5, 5.41) is 8.78. The highest BCUT2D eigenvalue weighted by atomic mass is 19.1. The van der Waals surface area contributed by atoms with Crippen LogP contribution in [0.15, 0.2) is 42.5 Å². The second-order valence-corrected chi connectivity index (χ2v) is 9.13. The number of hydrogen-bond acceptors (Lipinski definition) is 3. The number of carbonyl (C=O) groups is 1. The lowest BCUT2D eigenvalue weighted by atomic mass is 9.63. The van der Waals surface area contributed by atoms with E-state index in [1.54, 1.807) is 6.07 Å². The summed E-state index contributed by atoms with van der Waals surface area (Å²) in [6, 6.07) is 6.97. The van der Waals surface area contributed by atoms with Crippen LogP contribution >= 0.6 is 0 Å². The van der Waals surface area contributed by atoms with Gasteiger partial charge in [-0.1, -0.05) is 12.2 Å². The second-order valence-electron chi connectivity index (χ2n) is 9.13. The monoisotopic (exact) mass is 453 g/mol. The third kappa shape index (κ3) is 4.98. The molecule has 0 saturated heterocycles. The van der Waals surface area contributed by atoms with E-state index in [9.17, 15) is 18.0 Å². The molecule has 0 aliphatic heterocycles. The lowest BCUT2D eigenvalue weighted by Gasteiger charge is -2.42. The van der Waals surface area contributed by atoms with Gasteiger partial charge in [0.25, 0.3) is 0 Å². The van der Waals surface area contributed by atoms with E-state index >= 15 is 0 Å². The number of nitrogens with zero attached hydrogens (tertiary/aromatic N) is 1. The van der Waals surface area contributed by atoms with E-state index in [0.29, 0.717) is 17.8 Å². The van der Waals surface area contributed by atoms with Crippen molar-refractivity contribution >= 4 is 5.97 Å². The third-order valence-corrected chi connectivity index (χ3v) is 7.11. The molecule has 2 saturated carbocycles. The number of ether oxygens (including phenoxy) is 1. The zero-order valence-electron chi connectivity index (χ0n) is 18.5. The average molecular weight is 454 g/mol. The molecule has 3 nitrogen and oxygen atoms in total. The van der Waals surface area contributed by atoms with Gasteiger partial charge in [0.1, 0.15) is 29.3 Å². The maximum atomic E-state index is 15.0. The second kappa shape index (κ2) is 9.82. The minimum atomic E-state index is -0.991. The number of carbonyl (C=O) groups excluding carboxylic acids is 1. The minimum Gasteiger partial charge on any atom is -0.423 e. The first-order chi connectivity index (χ1) is 15.9. The normalized spacial score (nSPS) is 24.8. The largest absolute Gasteiger partial charge is 0.423 e. The van der Waals surface area contributed by atoms with Gasteiger partial charge in [-0.2, -0.15) is 5.26 Å². The van der Waals surface area contributed by atoms with E-state index < -0.39 is 23.4 Å². The quantitative estimate of drug-likeness (QED) is 0.283. The molecule has 0 aromatic heterocycles. The summed E-state index contributed by atoms with van der Waals surface area (Å²) < 4.78 is 48.8. The number of rotatable bonds is 4. The molecule has 6 heteroatoms. The van der Waals surface area contributed by atoms with Crippen LogP contribution in [0.2, 0.25) is 0 Å². The van der Waals surface area contributed by atoms with Gasteiger partial charge in [0.15, 0.2) is 0 Å². The highest BCUT2D eigenvalue weighted by Gasteiger charge is 2.37. The van der Waals surface area contributed by atoms with E-state index in [0.717, 1.165) is 56.7 Å². The molecule has 33 heavy (non-hydrogen) atoms. The number of benzene rings is 2. The van der Waals surface area contributed by atoms with E-state index in [2.05, 4.69) is 12.2 Å². The van der Waals surface area contributed by atoms with Crippen molar-refractivity contribution in [2.75, 3.05) is 0 Å². The van der Waals surface area contributed by atoms with Crippen molar-refractivity contribution in [3.8, 4) is 11.8 Å². The molecule has 0 bridgehead atoms. The Balaban J connectivity index is 1.47. The molecule has 4 unspecified atom stereocenters. The van der Waals surface area contributed by atoms with Gasteiger partial charge >= 0.3 is 5.97 Å². The van der Waals surface area contributed by atoms with Crippen molar-refractivity contribution in [3.63, 3.8) is 0 Å². The van der Waals surface area contributed by atoms with Crippen molar-refractivity contribution in [2.24, 2.45) is 17.8 Å². The van der Waals surface area contributed by atoms with Gasteiger partial charge in [-0.05, 0) is 93.4 Å². The van der Waals surface area contributed by atoms with Crippen molar-refractivity contribution in [3.05, 3.63) is 76.6 Å². The van der Waals surface area contributed by atoms with Crippen molar-refractivity contribution in [1.29, 1.82) is 5.26 Å². The highest BCUT2D eigenvalue weighted by Crippen LogP contribution is 2.48. The minimum absolute atomic E-state index is 0.0463. The first-order valence-electron chi connectivity index (χ1n) is 11.4. The average Bonchev–Trinajstić information content (AvgIpc) is 2.79. The summed E-state index contributed by atoms with van der Waals surface area (Å²) in [4.78, 5) is 12.4. The Bertz CT molecular complexity index is 1100. The molecule has 0 N–H and O–H groups in total. The topological polar surface area (TPSA) is 50.1 Å². The van der Waals surface area contributed by atoms with Crippen LogP contribution in [0, 0.1) is 46.5 Å². The van der Waals surface area contributed by atoms with Crippen LogP contribution in [0.4, 0.5) is 13.2 Å². The van der Waals surface area contributed by atoms with Crippen molar-refractivity contribution in [1.82, 2.24) is 0 Å². The van der Waals surface area contributed by atoms with Crippen LogP contribution in [-0.2, 0) is 0 Å². The fraction of sp³-hybridized carbons (Fsp3) is 0.407. The molecule has 2 fully saturated rings. The zero-order valence-corrected chi connectivity index (χ0v) is 18.5. The first kappa shape index (κ1) is 23.1. The molecule has 2 aromatic rings. The van der Waals surface area contributed by atoms with Crippen LogP contribution in [-0.4, -0.2) is 5.97 Å². The van der Waals surface area contributed by atoms with E-state index in [4.69, 9.17) is 10.00 Å². The lowest BCUT2D eigenvalue weighted by Crippen LogP contribution is -2.30. The van der Waals surface area contributed by atoms with Crippen molar-refractivity contribution in [2.45, 2.75) is 51.4 Å². The Morgan fingerprint density at radius 2 is 1.70 bits per heavy atom. The number of allylic oxidation sites excluding steroid dienone is 2. The molecule has 0 amide bonds. The number of esters is 1. The van der Waals surface area contributed by atoms with Crippen LogP contribution in [0.25, 0.3) is 0 Å². The SMILES string of the molecule is C/C=C/C1CCC2CC(c3c(F)cc(C(=O)Oc4ccc(C#N)c(F)c4)cc3F)CCC2C1.